The maximum absolute atomic E-state index is 12.7. The Hall–Kier alpha value is -2.14. The van der Waals surface area contributed by atoms with Gasteiger partial charge in [0.1, 0.15) is 0 Å². The largest absolute Gasteiger partial charge is 0.390 e. The zero-order valence-electron chi connectivity index (χ0n) is 13.3. The number of amides is 1. The predicted octanol–water partition coefficient (Wildman–Crippen LogP) is 3.13. The van der Waals surface area contributed by atoms with Crippen molar-refractivity contribution in [2.75, 3.05) is 19.8 Å². The summed E-state index contributed by atoms with van der Waals surface area (Å²) in [6.07, 6.45) is 0.926. The minimum atomic E-state index is -0.133. The molecular weight excluding hydrogens is 296 g/mol. The topological polar surface area (TPSA) is 63.4 Å². The molecule has 0 spiro atoms. The normalized spacial score (nSPS) is 10.5. The number of benzene rings is 1. The maximum atomic E-state index is 12.7. The number of thiophene rings is 1. The zero-order valence-corrected chi connectivity index (χ0v) is 14.1. The fourth-order valence-corrected chi connectivity index (χ4v) is 3.35. The van der Waals surface area contributed by atoms with Crippen LogP contribution in [-0.2, 0) is 6.42 Å². The summed E-state index contributed by atoms with van der Waals surface area (Å²) in [7, 11) is 3.37. The molecule has 0 aliphatic rings. The number of rotatable bonds is 4. The average molecular weight is 316 g/mol. The van der Waals surface area contributed by atoms with Crippen LogP contribution in [0.5, 0.6) is 0 Å². The Morgan fingerprint density at radius 1 is 1.18 bits per heavy atom. The summed E-state index contributed by atoms with van der Waals surface area (Å²) in [4.78, 5) is 26.9. The van der Waals surface area contributed by atoms with Crippen molar-refractivity contribution in [1.29, 1.82) is 0 Å². The number of anilines is 1. The number of nitrogens with zero attached hydrogens (tertiary/aromatic N) is 1. The van der Waals surface area contributed by atoms with E-state index in [1.807, 2.05) is 24.3 Å². The highest BCUT2D eigenvalue weighted by Crippen LogP contribution is 2.33. The van der Waals surface area contributed by atoms with Crippen LogP contribution in [0.3, 0.4) is 0 Å². The van der Waals surface area contributed by atoms with Gasteiger partial charge >= 0.3 is 0 Å². The Labute approximate surface area is 134 Å². The van der Waals surface area contributed by atoms with Gasteiger partial charge in [-0.3, -0.25) is 9.59 Å². The van der Waals surface area contributed by atoms with Crippen LogP contribution >= 0.6 is 11.3 Å². The first-order valence-corrected chi connectivity index (χ1v) is 7.92. The molecule has 0 fully saturated rings. The van der Waals surface area contributed by atoms with Crippen LogP contribution in [0.25, 0.3) is 0 Å². The van der Waals surface area contributed by atoms with Gasteiger partial charge in [-0.15, -0.1) is 11.3 Å². The molecular formula is C17H20N2O2S. The fourth-order valence-electron chi connectivity index (χ4n) is 2.26. The first kappa shape index (κ1) is 16.2. The fraction of sp³-hybridized carbons (Fsp3) is 0.294. The summed E-state index contributed by atoms with van der Waals surface area (Å²) in [5.41, 5.74) is 8.87. The van der Waals surface area contributed by atoms with Gasteiger partial charge in [-0.25, -0.2) is 0 Å². The first-order chi connectivity index (χ1) is 10.4. The van der Waals surface area contributed by atoms with Crippen LogP contribution in [0.1, 0.15) is 43.6 Å². The van der Waals surface area contributed by atoms with Crippen molar-refractivity contribution >= 4 is 28.0 Å². The van der Waals surface area contributed by atoms with Crippen molar-refractivity contribution in [2.45, 2.75) is 20.3 Å². The Balaban J connectivity index is 2.43. The number of carbonyl (C=O) groups excluding carboxylic acids is 2. The minimum Gasteiger partial charge on any atom is -0.390 e. The lowest BCUT2D eigenvalue weighted by Gasteiger charge is -2.09. The lowest BCUT2D eigenvalue weighted by atomic mass is 9.99. The molecule has 116 valence electrons. The Kier molecular flexibility index (Phi) is 4.66. The molecule has 0 unspecified atom stereocenters. The van der Waals surface area contributed by atoms with E-state index in [1.54, 1.807) is 21.0 Å². The lowest BCUT2D eigenvalue weighted by molar-refractivity contribution is 0.0831. The molecule has 22 heavy (non-hydrogen) atoms. The molecule has 0 saturated heterocycles. The van der Waals surface area contributed by atoms with Gasteiger partial charge in [-0.1, -0.05) is 31.2 Å². The van der Waals surface area contributed by atoms with Gasteiger partial charge in [0.2, 0.25) is 0 Å². The van der Waals surface area contributed by atoms with Crippen LogP contribution in [-0.4, -0.2) is 30.7 Å². The average Bonchev–Trinajstić information content (AvgIpc) is 2.80. The van der Waals surface area contributed by atoms with Gasteiger partial charge < -0.3 is 10.6 Å². The molecule has 1 aromatic carbocycles. The van der Waals surface area contributed by atoms with E-state index in [9.17, 15) is 9.59 Å². The Bertz CT molecular complexity index is 715. The van der Waals surface area contributed by atoms with Gasteiger partial charge in [0.05, 0.1) is 15.4 Å². The van der Waals surface area contributed by atoms with E-state index in [-0.39, 0.29) is 11.7 Å². The number of hydrogen-bond acceptors (Lipinski definition) is 4. The smallest absolute Gasteiger partial charge is 0.263 e. The molecule has 1 amide bonds. The number of aryl methyl sites for hydroxylation is 1. The molecule has 2 N–H and O–H groups in total. The van der Waals surface area contributed by atoms with E-state index in [0.29, 0.717) is 26.6 Å². The van der Waals surface area contributed by atoms with Crippen molar-refractivity contribution in [3.63, 3.8) is 0 Å². The molecule has 0 radical (unpaired) electrons. The minimum absolute atomic E-state index is 0.130. The quantitative estimate of drug-likeness (QED) is 0.881. The molecule has 5 heteroatoms. The number of hydrogen-bond donors (Lipinski definition) is 1. The van der Waals surface area contributed by atoms with Gasteiger partial charge in [0.15, 0.2) is 5.78 Å². The van der Waals surface area contributed by atoms with Crippen LogP contribution in [0.4, 0.5) is 5.00 Å². The molecule has 0 saturated carbocycles. The third-order valence-corrected chi connectivity index (χ3v) is 4.73. The number of ketones is 1. The molecule has 0 aliphatic heterocycles. The predicted molar refractivity (Wildman–Crippen MR) is 90.7 cm³/mol. The zero-order chi connectivity index (χ0) is 16.4. The summed E-state index contributed by atoms with van der Waals surface area (Å²) in [5, 5.41) is 0.396. The van der Waals surface area contributed by atoms with E-state index in [2.05, 4.69) is 6.92 Å². The second-order valence-corrected chi connectivity index (χ2v) is 6.43. The summed E-state index contributed by atoms with van der Waals surface area (Å²) < 4.78 is 0. The number of nitrogens with two attached hydrogens (primary N) is 1. The number of nitrogen functional groups attached to an aromatic ring is 1. The van der Waals surface area contributed by atoms with Crippen LogP contribution in [0.2, 0.25) is 0 Å². The highest BCUT2D eigenvalue weighted by molar-refractivity contribution is 7.18. The van der Waals surface area contributed by atoms with Gasteiger partial charge in [0.25, 0.3) is 5.91 Å². The van der Waals surface area contributed by atoms with E-state index < -0.39 is 0 Å². The monoisotopic (exact) mass is 316 g/mol. The molecule has 0 atom stereocenters. The van der Waals surface area contributed by atoms with Crippen molar-refractivity contribution in [2.24, 2.45) is 0 Å². The Morgan fingerprint density at radius 2 is 1.77 bits per heavy atom. The molecule has 1 aromatic heterocycles. The molecule has 2 aromatic rings. The standard InChI is InChI=1S/C17H20N2O2S/c1-5-11-6-8-12(9-7-11)14(20)13-10(2)15(22-16(13)18)17(21)19(3)4/h6-9H,5,18H2,1-4H3. The highest BCUT2D eigenvalue weighted by Gasteiger charge is 2.24. The van der Waals surface area contributed by atoms with E-state index in [1.165, 1.54) is 21.8 Å². The van der Waals surface area contributed by atoms with Crippen LogP contribution in [0, 0.1) is 6.92 Å². The molecule has 0 bridgehead atoms. The summed E-state index contributed by atoms with van der Waals surface area (Å²) in [6, 6.07) is 7.50. The van der Waals surface area contributed by atoms with Crippen molar-refractivity contribution in [3.8, 4) is 0 Å². The maximum Gasteiger partial charge on any atom is 0.263 e. The van der Waals surface area contributed by atoms with E-state index >= 15 is 0 Å². The Morgan fingerprint density at radius 3 is 2.27 bits per heavy atom. The molecule has 2 rings (SSSR count). The molecule has 0 aliphatic carbocycles. The van der Waals surface area contributed by atoms with E-state index in [0.717, 1.165) is 6.42 Å². The third-order valence-electron chi connectivity index (χ3n) is 3.63. The number of carbonyl (C=O) groups is 2. The summed E-state index contributed by atoms with van der Waals surface area (Å²) >= 11 is 1.17. The second-order valence-electron chi connectivity index (χ2n) is 5.37. The SMILES string of the molecule is CCc1ccc(C(=O)c2c(N)sc(C(=O)N(C)C)c2C)cc1. The summed E-state index contributed by atoms with van der Waals surface area (Å²) in [5.74, 6) is -0.263. The highest BCUT2D eigenvalue weighted by atomic mass is 32.1. The second kappa shape index (κ2) is 6.32. The summed E-state index contributed by atoms with van der Waals surface area (Å²) in [6.45, 7) is 3.84. The van der Waals surface area contributed by atoms with Gasteiger partial charge in [0, 0.05) is 19.7 Å². The van der Waals surface area contributed by atoms with Crippen LogP contribution < -0.4 is 5.73 Å². The first-order valence-electron chi connectivity index (χ1n) is 7.11. The lowest BCUT2D eigenvalue weighted by Crippen LogP contribution is -2.21. The van der Waals surface area contributed by atoms with Gasteiger partial charge in [-0.05, 0) is 24.5 Å². The molecule has 1 heterocycles. The van der Waals surface area contributed by atoms with Crippen LogP contribution in [0.15, 0.2) is 24.3 Å². The van der Waals surface area contributed by atoms with Crippen molar-refractivity contribution in [3.05, 3.63) is 51.4 Å². The van der Waals surface area contributed by atoms with Crippen molar-refractivity contribution < 1.29 is 9.59 Å². The van der Waals surface area contributed by atoms with Crippen molar-refractivity contribution in [1.82, 2.24) is 4.90 Å². The van der Waals surface area contributed by atoms with E-state index in [4.69, 9.17) is 5.73 Å². The van der Waals surface area contributed by atoms with Gasteiger partial charge in [-0.2, -0.15) is 0 Å². The molecule has 4 nitrogen and oxygen atoms in total. The third kappa shape index (κ3) is 2.90.